The minimum atomic E-state index is -0.451. The van der Waals surface area contributed by atoms with Crippen molar-refractivity contribution in [1.82, 2.24) is 14.3 Å². The largest absolute Gasteiger partial charge is 0.493 e. The van der Waals surface area contributed by atoms with Crippen LogP contribution in [0.15, 0.2) is 104 Å². The van der Waals surface area contributed by atoms with E-state index in [1.165, 1.54) is 6.26 Å². The Morgan fingerprint density at radius 2 is 1.70 bits per heavy atom. The highest BCUT2D eigenvalue weighted by Gasteiger charge is 2.27. The number of aryl methyl sites for hydroxylation is 4. The van der Waals surface area contributed by atoms with E-state index in [4.69, 9.17) is 9.47 Å². The lowest BCUT2D eigenvalue weighted by atomic mass is 9.98. The van der Waals surface area contributed by atoms with Crippen LogP contribution in [0.2, 0.25) is 0 Å². The molecular weight excluding hydrogens is 588 g/mol. The third-order valence-electron chi connectivity index (χ3n) is 8.57. The van der Waals surface area contributed by atoms with Crippen molar-refractivity contribution in [3.63, 3.8) is 0 Å². The van der Waals surface area contributed by atoms with E-state index in [2.05, 4.69) is 45.8 Å². The Hall–Kier alpha value is -5.34. The van der Waals surface area contributed by atoms with E-state index < -0.39 is 5.97 Å². The minimum Gasteiger partial charge on any atom is -0.493 e. The number of carbonyl (C=O) groups is 1. The number of hydrogen-bond acceptors (Lipinski definition) is 6. The zero-order valence-electron chi connectivity index (χ0n) is 26.9. The van der Waals surface area contributed by atoms with Crippen LogP contribution < -0.4 is 10.1 Å². The fourth-order valence-electron chi connectivity index (χ4n) is 6.54. The van der Waals surface area contributed by atoms with Crippen molar-refractivity contribution in [2.24, 2.45) is 7.05 Å². The molecular formula is C39H40N4O4. The van der Waals surface area contributed by atoms with Gasteiger partial charge in [0.1, 0.15) is 11.4 Å². The molecule has 0 spiro atoms. The number of aromatic nitrogens is 3. The summed E-state index contributed by atoms with van der Waals surface area (Å²) >= 11 is 0. The molecule has 0 atom stereocenters. The number of rotatable bonds is 14. The maximum absolute atomic E-state index is 13.7. The summed E-state index contributed by atoms with van der Waals surface area (Å²) in [5.41, 5.74) is 6.68. The first kappa shape index (κ1) is 31.6. The first-order valence-electron chi connectivity index (χ1n) is 16.0. The summed E-state index contributed by atoms with van der Waals surface area (Å²) in [7, 11) is 1.84. The molecule has 0 saturated heterocycles. The number of carbonyl (C=O) groups excluding carboxylic acids is 1. The second kappa shape index (κ2) is 14.4. The van der Waals surface area contributed by atoms with Crippen LogP contribution in [0.25, 0.3) is 32.8 Å². The highest BCUT2D eigenvalue weighted by atomic mass is 16.5. The van der Waals surface area contributed by atoms with Crippen molar-refractivity contribution >= 4 is 33.3 Å². The molecule has 0 saturated carbocycles. The van der Waals surface area contributed by atoms with Crippen molar-refractivity contribution in [1.29, 1.82) is 0 Å². The summed E-state index contributed by atoms with van der Waals surface area (Å²) in [6.45, 7) is 7.21. The number of aliphatic hydroxyl groups is 1. The number of benzene rings is 4. The smallest absolute Gasteiger partial charge is 0.360 e. The molecule has 0 aliphatic heterocycles. The van der Waals surface area contributed by atoms with Gasteiger partial charge in [-0.1, -0.05) is 79.4 Å². The molecule has 8 nitrogen and oxygen atoms in total. The number of hydrogen-bond donors (Lipinski definition) is 2. The SMILES string of the molecule is C=COC(=O)c1c(CCCOc2cccc3ccccc23)c2cccc(-c3c(C)nn(C)c3CO)c2n1CCCNc1ccccc1. The first-order valence-corrected chi connectivity index (χ1v) is 16.0. The zero-order chi connectivity index (χ0) is 32.8. The Morgan fingerprint density at radius 1 is 0.957 bits per heavy atom. The van der Waals surface area contributed by atoms with E-state index in [9.17, 15) is 9.90 Å². The molecule has 6 rings (SSSR count). The topological polar surface area (TPSA) is 90.5 Å². The zero-order valence-corrected chi connectivity index (χ0v) is 26.9. The molecule has 2 N–H and O–H groups in total. The highest BCUT2D eigenvalue weighted by molar-refractivity contribution is 6.05. The fourth-order valence-corrected chi connectivity index (χ4v) is 6.54. The van der Waals surface area contributed by atoms with Gasteiger partial charge >= 0.3 is 5.97 Å². The molecule has 0 aliphatic carbocycles. The Kier molecular flexibility index (Phi) is 9.69. The quantitative estimate of drug-likeness (QED) is 0.0727. The number of nitrogens with zero attached hydrogens (tertiary/aromatic N) is 3. The van der Waals surface area contributed by atoms with Gasteiger partial charge < -0.3 is 24.5 Å². The van der Waals surface area contributed by atoms with Crippen LogP contribution in [0.3, 0.4) is 0 Å². The molecule has 240 valence electrons. The number of anilines is 1. The predicted molar refractivity (Wildman–Crippen MR) is 188 cm³/mol. The van der Waals surface area contributed by atoms with Crippen LogP contribution in [0, 0.1) is 6.92 Å². The van der Waals surface area contributed by atoms with Gasteiger partial charge in [0, 0.05) is 47.7 Å². The van der Waals surface area contributed by atoms with Crippen LogP contribution in [0.4, 0.5) is 5.69 Å². The van der Waals surface area contributed by atoms with Crippen molar-refractivity contribution in [2.45, 2.75) is 39.3 Å². The first-order chi connectivity index (χ1) is 23.0. The number of fused-ring (bicyclic) bond motifs is 2. The second-order valence-corrected chi connectivity index (χ2v) is 11.5. The van der Waals surface area contributed by atoms with E-state index in [-0.39, 0.29) is 6.61 Å². The standard InChI is InChI=1S/C39H40N4O4/c1-4-46-39(45)38-32(21-12-25-47-35-22-10-15-28-14-8-9-18-30(28)35)31-19-11-20-33(36-27(2)41-42(3)34(36)26-44)37(31)43(38)24-13-23-40-29-16-6-5-7-17-29/h4-11,14-20,22,40,44H,1,12-13,21,23-26H2,2-3H3. The Morgan fingerprint density at radius 3 is 2.51 bits per heavy atom. The molecule has 0 unspecified atom stereocenters. The Balaban J connectivity index is 1.39. The van der Waals surface area contributed by atoms with Gasteiger partial charge in [0.25, 0.3) is 0 Å². The summed E-state index contributed by atoms with van der Waals surface area (Å²) in [6, 6.07) is 30.4. The molecule has 8 heteroatoms. The van der Waals surface area contributed by atoms with Gasteiger partial charge in [0.05, 0.1) is 36.4 Å². The number of nitrogens with one attached hydrogen (secondary N) is 1. The normalized spacial score (nSPS) is 11.2. The van der Waals surface area contributed by atoms with Gasteiger partial charge in [-0.05, 0) is 55.3 Å². The highest BCUT2D eigenvalue weighted by Crippen LogP contribution is 2.38. The molecule has 6 aromatic rings. The lowest BCUT2D eigenvalue weighted by molar-refractivity contribution is 0.0651. The number of ether oxygens (including phenoxy) is 2. The molecule has 2 heterocycles. The third kappa shape index (κ3) is 6.50. The summed E-state index contributed by atoms with van der Waals surface area (Å²) in [6.07, 6.45) is 3.22. The van der Waals surface area contributed by atoms with Gasteiger partial charge in [0.15, 0.2) is 0 Å². The molecule has 0 bridgehead atoms. The minimum absolute atomic E-state index is 0.158. The lowest BCUT2D eigenvalue weighted by Crippen LogP contribution is -2.15. The van der Waals surface area contributed by atoms with Crippen LogP contribution in [-0.2, 0) is 31.4 Å². The number of aliphatic hydroxyl groups excluding tert-OH is 1. The third-order valence-corrected chi connectivity index (χ3v) is 8.57. The van der Waals surface area contributed by atoms with Crippen LogP contribution >= 0.6 is 0 Å². The summed E-state index contributed by atoms with van der Waals surface area (Å²) < 4.78 is 15.5. The molecule has 2 aromatic heterocycles. The van der Waals surface area contributed by atoms with Gasteiger partial charge in [-0.3, -0.25) is 4.68 Å². The summed E-state index contributed by atoms with van der Waals surface area (Å²) in [4.78, 5) is 13.7. The van der Waals surface area contributed by atoms with Crippen molar-refractivity contribution in [2.75, 3.05) is 18.5 Å². The van der Waals surface area contributed by atoms with Gasteiger partial charge in [0.2, 0.25) is 0 Å². The average molecular weight is 629 g/mol. The van der Waals surface area contributed by atoms with Crippen LogP contribution in [-0.4, -0.2) is 38.6 Å². The van der Waals surface area contributed by atoms with E-state index in [0.717, 1.165) is 61.9 Å². The molecule has 4 aromatic carbocycles. The van der Waals surface area contributed by atoms with Crippen LogP contribution in [0.5, 0.6) is 5.75 Å². The fraction of sp³-hybridized carbons (Fsp3) is 0.231. The van der Waals surface area contributed by atoms with Crippen LogP contribution in [0.1, 0.15) is 40.3 Å². The van der Waals surface area contributed by atoms with Crippen molar-refractivity contribution in [3.8, 4) is 16.9 Å². The molecule has 0 aliphatic rings. The van der Waals surface area contributed by atoms with Gasteiger partial charge in [-0.2, -0.15) is 5.10 Å². The van der Waals surface area contributed by atoms with Gasteiger partial charge in [-0.25, -0.2) is 4.79 Å². The van der Waals surface area contributed by atoms with E-state index in [0.29, 0.717) is 43.9 Å². The Bertz CT molecular complexity index is 2020. The summed E-state index contributed by atoms with van der Waals surface area (Å²) in [5, 5.41) is 21.6. The van der Waals surface area contributed by atoms with E-state index in [1.807, 2.05) is 80.7 Å². The maximum atomic E-state index is 13.7. The number of para-hydroxylation sites is 2. The molecule has 47 heavy (non-hydrogen) atoms. The molecule has 0 amide bonds. The average Bonchev–Trinajstić information content (AvgIpc) is 3.57. The summed E-state index contributed by atoms with van der Waals surface area (Å²) in [5.74, 6) is 0.391. The number of esters is 1. The monoisotopic (exact) mass is 628 g/mol. The maximum Gasteiger partial charge on any atom is 0.360 e. The van der Waals surface area contributed by atoms with Gasteiger partial charge in [-0.15, -0.1) is 0 Å². The molecule has 0 fully saturated rings. The molecule has 0 radical (unpaired) electrons. The van der Waals surface area contributed by atoms with Crippen molar-refractivity contribution < 1.29 is 19.4 Å². The lowest BCUT2D eigenvalue weighted by Gasteiger charge is -2.14. The van der Waals surface area contributed by atoms with E-state index in [1.54, 1.807) is 4.68 Å². The second-order valence-electron chi connectivity index (χ2n) is 11.5. The van der Waals surface area contributed by atoms with E-state index >= 15 is 0 Å². The Labute approximate surface area is 274 Å². The van der Waals surface area contributed by atoms with Crippen molar-refractivity contribution in [3.05, 3.63) is 126 Å². The predicted octanol–water partition coefficient (Wildman–Crippen LogP) is 7.81.